The molecule has 2 aliphatic rings. The maximum atomic E-state index is 15.1. The standard InChI is InChI=1S/C19H19F2N3O3/c1-26-13-7-14(27-2)16(21)17(15(13)20)24-12(8-22)10-9-23-6-3-11(10)19(4-5-19)18(24)25/h3,6-7,9,12H,4-5,8,22H2,1-2H3. The van der Waals surface area contributed by atoms with Crippen LogP contribution in [0.25, 0.3) is 0 Å². The number of hydrogen-bond donors (Lipinski definition) is 1. The Labute approximate surface area is 154 Å². The molecule has 1 unspecified atom stereocenters. The van der Waals surface area contributed by atoms with Gasteiger partial charge in [0, 0.05) is 25.0 Å². The monoisotopic (exact) mass is 375 g/mol. The van der Waals surface area contributed by atoms with Crippen LogP contribution in [0.3, 0.4) is 0 Å². The van der Waals surface area contributed by atoms with Gasteiger partial charge in [-0.15, -0.1) is 0 Å². The summed E-state index contributed by atoms with van der Waals surface area (Å²) in [6.07, 6.45) is 4.45. The Balaban J connectivity index is 1.98. The van der Waals surface area contributed by atoms with Gasteiger partial charge in [-0.2, -0.15) is 0 Å². The number of benzene rings is 1. The van der Waals surface area contributed by atoms with Crippen LogP contribution in [0.5, 0.6) is 11.5 Å². The number of anilines is 1. The number of ether oxygens (including phenoxy) is 2. The summed E-state index contributed by atoms with van der Waals surface area (Å²) in [7, 11) is 2.53. The molecule has 4 rings (SSSR count). The number of amides is 1. The summed E-state index contributed by atoms with van der Waals surface area (Å²) in [5, 5.41) is 0. The number of hydrogen-bond acceptors (Lipinski definition) is 5. The Kier molecular flexibility index (Phi) is 4.03. The minimum absolute atomic E-state index is 0.0150. The van der Waals surface area contributed by atoms with Crippen LogP contribution in [0.2, 0.25) is 0 Å². The summed E-state index contributed by atoms with van der Waals surface area (Å²) in [4.78, 5) is 18.6. The quantitative estimate of drug-likeness (QED) is 0.888. The number of nitrogens with zero attached hydrogens (tertiary/aromatic N) is 2. The zero-order chi connectivity index (χ0) is 19.3. The summed E-state index contributed by atoms with van der Waals surface area (Å²) in [6.45, 7) is -0.0150. The fraction of sp³-hybridized carbons (Fsp3) is 0.368. The van der Waals surface area contributed by atoms with Crippen LogP contribution < -0.4 is 20.1 Å². The van der Waals surface area contributed by atoms with Crippen molar-refractivity contribution in [1.82, 2.24) is 4.98 Å². The predicted molar refractivity (Wildman–Crippen MR) is 93.9 cm³/mol. The number of halogens is 2. The van der Waals surface area contributed by atoms with Crippen molar-refractivity contribution in [3.05, 3.63) is 47.3 Å². The molecule has 2 heterocycles. The van der Waals surface area contributed by atoms with Crippen LogP contribution in [-0.2, 0) is 10.2 Å². The van der Waals surface area contributed by atoms with Gasteiger partial charge in [-0.05, 0) is 30.0 Å². The smallest absolute Gasteiger partial charge is 0.238 e. The maximum Gasteiger partial charge on any atom is 0.238 e. The first-order chi connectivity index (χ1) is 13.0. The highest BCUT2D eigenvalue weighted by atomic mass is 19.1. The molecule has 2 aromatic rings. The van der Waals surface area contributed by atoms with Crippen molar-refractivity contribution < 1.29 is 23.0 Å². The van der Waals surface area contributed by atoms with Gasteiger partial charge >= 0.3 is 0 Å². The molecule has 1 aromatic heterocycles. The largest absolute Gasteiger partial charge is 0.493 e. The van der Waals surface area contributed by atoms with Gasteiger partial charge < -0.3 is 15.2 Å². The van der Waals surface area contributed by atoms with Gasteiger partial charge in [-0.25, -0.2) is 8.78 Å². The SMILES string of the molecule is COc1cc(OC)c(F)c(N2C(=O)C3(CC3)c3ccncc3C2CN)c1F. The Morgan fingerprint density at radius 2 is 1.89 bits per heavy atom. The average Bonchev–Trinajstić information content (AvgIpc) is 3.48. The molecular formula is C19H19F2N3O3. The van der Waals surface area contributed by atoms with Gasteiger partial charge in [-0.3, -0.25) is 14.7 Å². The summed E-state index contributed by atoms with van der Waals surface area (Å²) < 4.78 is 40.2. The van der Waals surface area contributed by atoms with Gasteiger partial charge in [0.05, 0.1) is 25.7 Å². The van der Waals surface area contributed by atoms with Crippen LogP contribution >= 0.6 is 0 Å². The lowest BCUT2D eigenvalue weighted by Crippen LogP contribution is -2.50. The van der Waals surface area contributed by atoms with E-state index in [0.29, 0.717) is 18.4 Å². The second-order valence-electron chi connectivity index (χ2n) is 6.73. The van der Waals surface area contributed by atoms with Gasteiger partial charge in [0.1, 0.15) is 5.69 Å². The molecule has 1 spiro atoms. The van der Waals surface area contributed by atoms with Crippen LogP contribution in [-0.4, -0.2) is 31.7 Å². The topological polar surface area (TPSA) is 77.7 Å². The number of rotatable bonds is 4. The average molecular weight is 375 g/mol. The van der Waals surface area contributed by atoms with E-state index in [1.807, 2.05) is 0 Å². The van der Waals surface area contributed by atoms with Crippen molar-refractivity contribution in [2.45, 2.75) is 24.3 Å². The molecule has 6 nitrogen and oxygen atoms in total. The van der Waals surface area contributed by atoms with Gasteiger partial charge in [0.15, 0.2) is 23.1 Å². The number of aromatic nitrogens is 1. The third kappa shape index (κ3) is 2.32. The van der Waals surface area contributed by atoms with E-state index in [1.165, 1.54) is 14.2 Å². The van der Waals surface area contributed by atoms with Crippen molar-refractivity contribution in [2.75, 3.05) is 25.7 Å². The van der Waals surface area contributed by atoms with Crippen molar-refractivity contribution in [3.8, 4) is 11.5 Å². The lowest BCUT2D eigenvalue weighted by Gasteiger charge is -2.40. The Morgan fingerprint density at radius 3 is 2.41 bits per heavy atom. The molecule has 1 aliphatic heterocycles. The highest BCUT2D eigenvalue weighted by Crippen LogP contribution is 2.57. The zero-order valence-electron chi connectivity index (χ0n) is 15.0. The molecule has 0 radical (unpaired) electrons. The second kappa shape index (κ2) is 6.16. The van der Waals surface area contributed by atoms with Crippen LogP contribution in [0, 0.1) is 11.6 Å². The first kappa shape index (κ1) is 17.7. The summed E-state index contributed by atoms with van der Waals surface area (Å²) in [5.41, 5.74) is 6.19. The zero-order valence-corrected chi connectivity index (χ0v) is 15.0. The van der Waals surface area contributed by atoms with E-state index in [4.69, 9.17) is 15.2 Å². The van der Waals surface area contributed by atoms with E-state index in [1.54, 1.807) is 18.5 Å². The molecule has 1 saturated carbocycles. The lowest BCUT2D eigenvalue weighted by molar-refractivity contribution is -0.122. The van der Waals surface area contributed by atoms with Crippen molar-refractivity contribution in [2.24, 2.45) is 5.73 Å². The molecule has 1 amide bonds. The van der Waals surface area contributed by atoms with Crippen LogP contribution in [0.15, 0.2) is 24.5 Å². The molecule has 27 heavy (non-hydrogen) atoms. The molecule has 8 heteroatoms. The van der Waals surface area contributed by atoms with E-state index in [9.17, 15) is 4.79 Å². The Bertz CT molecular complexity index is 902. The van der Waals surface area contributed by atoms with E-state index in [2.05, 4.69) is 4.98 Å². The summed E-state index contributed by atoms with van der Waals surface area (Å²) in [6, 6.07) is 2.16. The third-order valence-corrected chi connectivity index (χ3v) is 5.43. The number of methoxy groups -OCH3 is 2. The van der Waals surface area contributed by atoms with Gasteiger partial charge in [0.25, 0.3) is 0 Å². The molecule has 1 fully saturated rings. The maximum absolute atomic E-state index is 15.1. The molecule has 142 valence electrons. The van der Waals surface area contributed by atoms with E-state index >= 15 is 8.78 Å². The number of pyridine rings is 1. The first-order valence-electron chi connectivity index (χ1n) is 8.58. The lowest BCUT2D eigenvalue weighted by atomic mass is 9.82. The number of fused-ring (bicyclic) bond motifs is 2. The molecular weight excluding hydrogens is 356 g/mol. The highest BCUT2D eigenvalue weighted by Gasteiger charge is 2.59. The van der Waals surface area contributed by atoms with Crippen molar-refractivity contribution >= 4 is 11.6 Å². The third-order valence-electron chi connectivity index (χ3n) is 5.43. The number of carbonyl (C=O) groups is 1. The van der Waals surface area contributed by atoms with Crippen LogP contribution in [0.1, 0.15) is 30.0 Å². The number of carbonyl (C=O) groups excluding carboxylic acids is 1. The van der Waals surface area contributed by atoms with E-state index in [-0.39, 0.29) is 24.0 Å². The molecule has 1 atom stereocenters. The normalized spacial score (nSPS) is 19.8. The fourth-order valence-electron chi connectivity index (χ4n) is 3.92. The predicted octanol–water partition coefficient (Wildman–Crippen LogP) is 2.46. The van der Waals surface area contributed by atoms with Gasteiger partial charge in [-0.1, -0.05) is 0 Å². The minimum Gasteiger partial charge on any atom is -0.493 e. The molecule has 1 aromatic carbocycles. The first-order valence-corrected chi connectivity index (χ1v) is 8.58. The minimum atomic E-state index is -0.967. The Hall–Kier alpha value is -2.74. The van der Waals surface area contributed by atoms with Crippen molar-refractivity contribution in [3.63, 3.8) is 0 Å². The number of nitrogens with two attached hydrogens (primary N) is 1. The molecule has 0 saturated heterocycles. The van der Waals surface area contributed by atoms with Crippen molar-refractivity contribution in [1.29, 1.82) is 0 Å². The van der Waals surface area contributed by atoms with E-state index < -0.39 is 28.8 Å². The van der Waals surface area contributed by atoms with Gasteiger partial charge in [0.2, 0.25) is 5.91 Å². The molecule has 1 aliphatic carbocycles. The molecule has 0 bridgehead atoms. The molecule has 2 N–H and O–H groups in total. The van der Waals surface area contributed by atoms with Crippen LogP contribution in [0.4, 0.5) is 14.5 Å². The summed E-state index contributed by atoms with van der Waals surface area (Å²) in [5.74, 6) is -2.73. The fourth-order valence-corrected chi connectivity index (χ4v) is 3.92. The Morgan fingerprint density at radius 1 is 1.26 bits per heavy atom. The second-order valence-corrected chi connectivity index (χ2v) is 6.73. The van der Waals surface area contributed by atoms with E-state index in [0.717, 1.165) is 16.5 Å². The highest BCUT2D eigenvalue weighted by molar-refractivity contribution is 6.06. The summed E-state index contributed by atoms with van der Waals surface area (Å²) >= 11 is 0.